The molecule has 28 heavy (non-hydrogen) atoms. The highest BCUT2D eigenvalue weighted by Gasteiger charge is 2.21. The molecule has 0 spiro atoms. The van der Waals surface area contributed by atoms with Crippen LogP contribution in [0, 0.1) is 0 Å². The van der Waals surface area contributed by atoms with Crippen LogP contribution in [-0.4, -0.2) is 46.3 Å². The van der Waals surface area contributed by atoms with Crippen molar-refractivity contribution in [2.24, 2.45) is 9.98 Å². The molecule has 2 unspecified atom stereocenters. The van der Waals surface area contributed by atoms with Crippen LogP contribution >= 0.6 is 41.2 Å². The standard InChI is InChI=1S/C20H22N4S4/c1-3-7-17(8-4-1)11-23-13-19(21-15-23)25-27-28-26-20-14-24(16-22-20)12-18-9-5-2-6-10-18/h1-10,15-16,19-20H,11-14H2. The molecule has 0 aliphatic carbocycles. The zero-order valence-corrected chi connectivity index (χ0v) is 18.6. The Morgan fingerprint density at radius 2 is 1.11 bits per heavy atom. The van der Waals surface area contributed by atoms with Gasteiger partial charge >= 0.3 is 0 Å². The highest BCUT2D eigenvalue weighted by atomic mass is 33.7. The van der Waals surface area contributed by atoms with Gasteiger partial charge in [-0.1, -0.05) is 82.3 Å². The van der Waals surface area contributed by atoms with E-state index >= 15 is 0 Å². The van der Waals surface area contributed by atoms with E-state index in [1.54, 1.807) is 0 Å². The lowest BCUT2D eigenvalue weighted by molar-refractivity contribution is 0.456. The lowest BCUT2D eigenvalue weighted by atomic mass is 10.2. The number of aliphatic imine (C=N–C) groups is 2. The average Bonchev–Trinajstić information content (AvgIpc) is 3.36. The molecule has 0 N–H and O–H groups in total. The molecule has 0 fully saturated rings. The van der Waals surface area contributed by atoms with Crippen LogP contribution in [0.25, 0.3) is 0 Å². The van der Waals surface area contributed by atoms with Crippen molar-refractivity contribution >= 4 is 53.9 Å². The first-order chi connectivity index (χ1) is 13.8. The normalized spacial score (nSPS) is 21.0. The Labute approximate surface area is 181 Å². The van der Waals surface area contributed by atoms with Gasteiger partial charge in [-0.25, -0.2) is 0 Å². The summed E-state index contributed by atoms with van der Waals surface area (Å²) in [5.74, 6) is 0. The predicted molar refractivity (Wildman–Crippen MR) is 129 cm³/mol. The van der Waals surface area contributed by atoms with Crippen LogP contribution in [-0.2, 0) is 13.1 Å². The molecule has 2 heterocycles. The molecule has 8 heteroatoms. The molecule has 2 aromatic rings. The van der Waals surface area contributed by atoms with E-state index in [0.717, 1.165) is 26.2 Å². The third-order valence-corrected chi connectivity index (χ3v) is 10.9. The Morgan fingerprint density at radius 1 is 0.679 bits per heavy atom. The zero-order valence-electron chi connectivity index (χ0n) is 15.3. The van der Waals surface area contributed by atoms with Gasteiger partial charge in [0, 0.05) is 13.1 Å². The highest BCUT2D eigenvalue weighted by Crippen LogP contribution is 2.48. The molecule has 0 saturated carbocycles. The minimum atomic E-state index is 0.309. The van der Waals surface area contributed by atoms with Crippen LogP contribution in [0.1, 0.15) is 11.1 Å². The van der Waals surface area contributed by atoms with Crippen LogP contribution < -0.4 is 0 Å². The smallest absolute Gasteiger partial charge is 0.125 e. The van der Waals surface area contributed by atoms with E-state index < -0.39 is 0 Å². The van der Waals surface area contributed by atoms with Crippen LogP contribution in [0.3, 0.4) is 0 Å². The summed E-state index contributed by atoms with van der Waals surface area (Å²) in [5.41, 5.74) is 2.66. The van der Waals surface area contributed by atoms with Gasteiger partial charge in [-0.3, -0.25) is 9.98 Å². The molecule has 0 radical (unpaired) electrons. The van der Waals surface area contributed by atoms with Crippen LogP contribution in [0.15, 0.2) is 70.6 Å². The van der Waals surface area contributed by atoms with Gasteiger partial charge in [0.15, 0.2) is 0 Å². The summed E-state index contributed by atoms with van der Waals surface area (Å²) in [7, 11) is 7.31. The highest BCUT2D eigenvalue weighted by molar-refractivity contribution is 9.26. The summed E-state index contributed by atoms with van der Waals surface area (Å²) in [4.78, 5) is 13.8. The first-order valence-electron chi connectivity index (χ1n) is 9.13. The fraction of sp³-hybridized carbons (Fsp3) is 0.300. The molecule has 146 valence electrons. The number of hydrogen-bond donors (Lipinski definition) is 0. The van der Waals surface area contributed by atoms with E-state index in [0.29, 0.717) is 10.7 Å². The Kier molecular flexibility index (Phi) is 7.54. The second kappa shape index (κ2) is 10.5. The predicted octanol–water partition coefficient (Wildman–Crippen LogP) is 5.40. The van der Waals surface area contributed by atoms with Crippen molar-refractivity contribution in [1.29, 1.82) is 0 Å². The number of nitrogens with zero attached hydrogens (tertiary/aromatic N) is 4. The lowest BCUT2D eigenvalue weighted by Crippen LogP contribution is -2.21. The largest absolute Gasteiger partial charge is 0.356 e. The van der Waals surface area contributed by atoms with Gasteiger partial charge in [0.1, 0.15) is 10.7 Å². The molecular formula is C20H22N4S4. The first kappa shape index (κ1) is 20.1. The van der Waals surface area contributed by atoms with Gasteiger partial charge in [-0.15, -0.1) is 0 Å². The molecule has 2 aliphatic heterocycles. The summed E-state index contributed by atoms with van der Waals surface area (Å²) in [6, 6.07) is 21.1. The minimum absolute atomic E-state index is 0.309. The third-order valence-electron chi connectivity index (χ3n) is 4.36. The van der Waals surface area contributed by atoms with Crippen molar-refractivity contribution in [2.45, 2.75) is 23.8 Å². The van der Waals surface area contributed by atoms with E-state index in [4.69, 9.17) is 0 Å². The van der Waals surface area contributed by atoms with E-state index in [2.05, 4.69) is 80.4 Å². The maximum atomic E-state index is 4.62. The summed E-state index contributed by atoms with van der Waals surface area (Å²) in [6.07, 6.45) is 3.98. The molecule has 0 saturated heterocycles. The van der Waals surface area contributed by atoms with Crippen molar-refractivity contribution in [2.75, 3.05) is 13.1 Å². The Balaban J connectivity index is 1.09. The molecule has 4 nitrogen and oxygen atoms in total. The van der Waals surface area contributed by atoms with Gasteiger partial charge in [-0.05, 0) is 30.8 Å². The van der Waals surface area contributed by atoms with E-state index in [-0.39, 0.29) is 0 Å². The van der Waals surface area contributed by atoms with Crippen molar-refractivity contribution in [3.05, 3.63) is 71.8 Å². The third kappa shape index (κ3) is 6.14. The monoisotopic (exact) mass is 446 g/mol. The minimum Gasteiger partial charge on any atom is -0.356 e. The lowest BCUT2D eigenvalue weighted by Gasteiger charge is -2.16. The van der Waals surface area contributed by atoms with Crippen molar-refractivity contribution < 1.29 is 0 Å². The Bertz CT molecular complexity index is 720. The molecule has 0 aromatic heterocycles. The fourth-order valence-corrected chi connectivity index (χ4v) is 9.31. The van der Waals surface area contributed by atoms with Gasteiger partial charge in [0.2, 0.25) is 0 Å². The zero-order chi connectivity index (χ0) is 19.0. The fourth-order valence-electron chi connectivity index (χ4n) is 3.01. The first-order valence-corrected chi connectivity index (χ1v) is 14.1. The Morgan fingerprint density at radius 3 is 1.54 bits per heavy atom. The van der Waals surface area contributed by atoms with Gasteiger partial charge in [0.05, 0.1) is 25.8 Å². The maximum Gasteiger partial charge on any atom is 0.125 e. The quantitative estimate of drug-likeness (QED) is 0.378. The van der Waals surface area contributed by atoms with E-state index in [1.165, 1.54) is 11.1 Å². The summed E-state index contributed by atoms with van der Waals surface area (Å²) in [6.45, 7) is 3.82. The number of hydrogen-bond acceptors (Lipinski definition) is 8. The molecule has 4 rings (SSSR count). The summed E-state index contributed by atoms with van der Waals surface area (Å²) < 4.78 is 0. The van der Waals surface area contributed by atoms with Crippen molar-refractivity contribution in [3.63, 3.8) is 0 Å². The van der Waals surface area contributed by atoms with E-state index in [1.807, 2.05) is 53.9 Å². The second-order valence-corrected chi connectivity index (χ2v) is 12.8. The van der Waals surface area contributed by atoms with Gasteiger partial charge in [0.25, 0.3) is 0 Å². The summed E-state index contributed by atoms with van der Waals surface area (Å²) in [5, 5.41) is 0.618. The average molecular weight is 447 g/mol. The van der Waals surface area contributed by atoms with E-state index in [9.17, 15) is 0 Å². The van der Waals surface area contributed by atoms with Crippen molar-refractivity contribution in [1.82, 2.24) is 9.80 Å². The van der Waals surface area contributed by atoms with Crippen LogP contribution in [0.2, 0.25) is 0 Å². The molecule has 2 aromatic carbocycles. The Hall–Kier alpha value is -1.22. The molecule has 2 atom stereocenters. The molecule has 0 amide bonds. The number of benzene rings is 2. The van der Waals surface area contributed by atoms with Gasteiger partial charge < -0.3 is 9.80 Å². The molecule has 0 bridgehead atoms. The number of rotatable bonds is 9. The molecular weight excluding hydrogens is 425 g/mol. The second-order valence-electron chi connectivity index (χ2n) is 6.60. The van der Waals surface area contributed by atoms with Crippen LogP contribution in [0.4, 0.5) is 0 Å². The summed E-state index contributed by atoms with van der Waals surface area (Å²) >= 11 is 0. The topological polar surface area (TPSA) is 31.2 Å². The van der Waals surface area contributed by atoms with Crippen molar-refractivity contribution in [3.8, 4) is 0 Å². The van der Waals surface area contributed by atoms with Crippen LogP contribution in [0.5, 0.6) is 0 Å². The van der Waals surface area contributed by atoms with Gasteiger partial charge in [-0.2, -0.15) is 0 Å². The SMILES string of the molecule is C1=NC(SSSSC2CN(Cc3ccccc3)C=N2)CN1Cc1ccccc1. The maximum absolute atomic E-state index is 4.62. The molecule has 2 aliphatic rings.